The molecule has 0 saturated carbocycles. The Hall–Kier alpha value is -3.48. The first-order valence-electron chi connectivity index (χ1n) is 8.58. The molecule has 2 N–H and O–H groups in total. The lowest BCUT2D eigenvalue weighted by atomic mass is 10.1. The zero-order valence-corrected chi connectivity index (χ0v) is 14.4. The van der Waals surface area contributed by atoms with E-state index in [0.717, 1.165) is 16.5 Å². The number of H-pyrrole nitrogens is 1. The van der Waals surface area contributed by atoms with E-state index in [2.05, 4.69) is 15.3 Å². The fraction of sp³-hybridized carbons (Fsp3) is 0.150. The van der Waals surface area contributed by atoms with E-state index in [1.54, 1.807) is 0 Å². The van der Waals surface area contributed by atoms with Crippen molar-refractivity contribution in [1.82, 2.24) is 19.9 Å². The van der Waals surface area contributed by atoms with Crippen LogP contribution in [0.5, 0.6) is 0 Å². The molecule has 0 radical (unpaired) electrons. The van der Waals surface area contributed by atoms with Crippen LogP contribution in [0.25, 0.3) is 21.8 Å². The van der Waals surface area contributed by atoms with Crippen LogP contribution in [-0.2, 0) is 17.8 Å². The second-order valence-corrected chi connectivity index (χ2v) is 6.30. The van der Waals surface area contributed by atoms with Crippen molar-refractivity contribution in [3.05, 3.63) is 76.7 Å². The number of halogens is 1. The van der Waals surface area contributed by atoms with Gasteiger partial charge in [-0.3, -0.25) is 14.2 Å². The monoisotopic (exact) mass is 364 g/mol. The summed E-state index contributed by atoms with van der Waals surface area (Å²) in [6.45, 7) is 0.328. The quantitative estimate of drug-likeness (QED) is 0.571. The molecule has 0 bridgehead atoms. The van der Waals surface area contributed by atoms with Gasteiger partial charge in [0.2, 0.25) is 5.91 Å². The van der Waals surface area contributed by atoms with Crippen LogP contribution in [0.4, 0.5) is 4.39 Å². The molecule has 0 atom stereocenters. The second kappa shape index (κ2) is 7.03. The minimum Gasteiger partial charge on any atom is -0.361 e. The summed E-state index contributed by atoms with van der Waals surface area (Å²) in [5.41, 5.74) is 2.09. The highest BCUT2D eigenvalue weighted by molar-refractivity contribution is 5.83. The van der Waals surface area contributed by atoms with Crippen LogP contribution in [0.1, 0.15) is 5.56 Å². The van der Waals surface area contributed by atoms with Gasteiger partial charge in [-0.05, 0) is 30.2 Å². The van der Waals surface area contributed by atoms with Crippen LogP contribution >= 0.6 is 0 Å². The van der Waals surface area contributed by atoms with Crippen LogP contribution < -0.4 is 10.9 Å². The van der Waals surface area contributed by atoms with E-state index in [-0.39, 0.29) is 28.9 Å². The zero-order chi connectivity index (χ0) is 18.8. The molecule has 2 heterocycles. The molecule has 0 aliphatic heterocycles. The van der Waals surface area contributed by atoms with Crippen LogP contribution in [0.2, 0.25) is 0 Å². The maximum Gasteiger partial charge on any atom is 0.261 e. The number of hydrogen-bond acceptors (Lipinski definition) is 3. The molecule has 4 rings (SSSR count). The number of aromatic nitrogens is 3. The number of para-hydroxylation sites is 1. The first-order chi connectivity index (χ1) is 13.1. The van der Waals surface area contributed by atoms with E-state index in [9.17, 15) is 14.0 Å². The van der Waals surface area contributed by atoms with Crippen molar-refractivity contribution in [3.8, 4) is 0 Å². The van der Waals surface area contributed by atoms with E-state index >= 15 is 0 Å². The molecule has 2 aromatic carbocycles. The Labute approximate surface area is 153 Å². The van der Waals surface area contributed by atoms with Gasteiger partial charge in [0.1, 0.15) is 12.4 Å². The Morgan fingerprint density at radius 1 is 1.19 bits per heavy atom. The van der Waals surface area contributed by atoms with Crippen molar-refractivity contribution in [1.29, 1.82) is 0 Å². The Morgan fingerprint density at radius 3 is 2.93 bits per heavy atom. The molecule has 27 heavy (non-hydrogen) atoms. The molecule has 0 saturated heterocycles. The van der Waals surface area contributed by atoms with Crippen LogP contribution in [0.15, 0.2) is 59.8 Å². The maximum atomic E-state index is 13.2. The third-order valence-corrected chi connectivity index (χ3v) is 4.49. The summed E-state index contributed by atoms with van der Waals surface area (Å²) in [7, 11) is 0. The van der Waals surface area contributed by atoms with E-state index < -0.39 is 5.82 Å². The molecule has 136 valence electrons. The maximum absolute atomic E-state index is 13.2. The van der Waals surface area contributed by atoms with E-state index in [0.29, 0.717) is 13.0 Å². The largest absolute Gasteiger partial charge is 0.361 e. The Morgan fingerprint density at radius 2 is 2.04 bits per heavy atom. The Kier molecular flexibility index (Phi) is 4.42. The van der Waals surface area contributed by atoms with Gasteiger partial charge in [0.15, 0.2) is 0 Å². The topological polar surface area (TPSA) is 79.8 Å². The number of rotatable bonds is 5. The highest BCUT2D eigenvalue weighted by atomic mass is 19.1. The highest BCUT2D eigenvalue weighted by Crippen LogP contribution is 2.17. The van der Waals surface area contributed by atoms with Gasteiger partial charge >= 0.3 is 0 Å². The fourth-order valence-corrected chi connectivity index (χ4v) is 3.13. The number of hydrogen-bond donors (Lipinski definition) is 2. The van der Waals surface area contributed by atoms with Crippen molar-refractivity contribution < 1.29 is 9.18 Å². The van der Waals surface area contributed by atoms with Gasteiger partial charge < -0.3 is 10.3 Å². The molecule has 7 heteroatoms. The number of fused-ring (bicyclic) bond motifs is 2. The number of amides is 1. The number of benzene rings is 2. The molecule has 0 unspecified atom stereocenters. The lowest BCUT2D eigenvalue weighted by Gasteiger charge is -2.08. The Bertz CT molecular complexity index is 1200. The minimum absolute atomic E-state index is 0.132. The number of carbonyl (C=O) groups is 1. The molecule has 4 aromatic rings. The number of aromatic amines is 1. The summed E-state index contributed by atoms with van der Waals surface area (Å²) in [5, 5.41) is 4.23. The second-order valence-electron chi connectivity index (χ2n) is 6.30. The summed E-state index contributed by atoms with van der Waals surface area (Å²) in [5.74, 6) is -0.734. The predicted octanol–water partition coefficient (Wildman–Crippen LogP) is 2.38. The molecule has 1 amide bonds. The van der Waals surface area contributed by atoms with Crippen molar-refractivity contribution in [2.24, 2.45) is 0 Å². The number of nitrogens with one attached hydrogen (secondary N) is 2. The van der Waals surface area contributed by atoms with Gasteiger partial charge in [-0.15, -0.1) is 0 Å². The molecule has 0 fully saturated rings. The summed E-state index contributed by atoms with van der Waals surface area (Å²) >= 11 is 0. The van der Waals surface area contributed by atoms with Gasteiger partial charge in [-0.2, -0.15) is 0 Å². The molecular formula is C20H17FN4O2. The lowest BCUT2D eigenvalue weighted by Crippen LogP contribution is -2.33. The third kappa shape index (κ3) is 3.44. The lowest BCUT2D eigenvalue weighted by molar-refractivity contribution is -0.121. The van der Waals surface area contributed by atoms with Crippen LogP contribution in [0, 0.1) is 5.82 Å². The molecule has 6 nitrogen and oxygen atoms in total. The zero-order valence-electron chi connectivity index (χ0n) is 14.4. The van der Waals surface area contributed by atoms with Gasteiger partial charge in [-0.25, -0.2) is 9.37 Å². The summed E-state index contributed by atoms with van der Waals surface area (Å²) in [6.07, 6.45) is 3.89. The van der Waals surface area contributed by atoms with Gasteiger partial charge in [0, 0.05) is 29.7 Å². The van der Waals surface area contributed by atoms with Crippen molar-refractivity contribution in [3.63, 3.8) is 0 Å². The van der Waals surface area contributed by atoms with Crippen molar-refractivity contribution in [2.75, 3.05) is 6.54 Å². The van der Waals surface area contributed by atoms with Gasteiger partial charge in [-0.1, -0.05) is 18.2 Å². The molecule has 0 aliphatic carbocycles. The Balaban J connectivity index is 1.41. The molecule has 0 spiro atoms. The summed E-state index contributed by atoms with van der Waals surface area (Å²) < 4.78 is 14.4. The first-order valence-corrected chi connectivity index (χ1v) is 8.58. The SMILES string of the molecule is O=C(Cn1cnc2cc(F)ccc2c1=O)NCCc1c[nH]c2ccccc12. The molecule has 2 aromatic heterocycles. The van der Waals surface area contributed by atoms with Gasteiger partial charge in [0.05, 0.1) is 17.2 Å². The van der Waals surface area contributed by atoms with E-state index in [1.807, 2.05) is 30.5 Å². The van der Waals surface area contributed by atoms with Crippen LogP contribution in [-0.4, -0.2) is 27.0 Å². The van der Waals surface area contributed by atoms with Crippen LogP contribution in [0.3, 0.4) is 0 Å². The summed E-state index contributed by atoms with van der Waals surface area (Å²) in [4.78, 5) is 31.8. The average Bonchev–Trinajstić information content (AvgIpc) is 3.07. The fourth-order valence-electron chi connectivity index (χ4n) is 3.13. The molecule has 0 aliphatic rings. The average molecular weight is 364 g/mol. The highest BCUT2D eigenvalue weighted by Gasteiger charge is 2.09. The normalized spacial score (nSPS) is 11.1. The van der Waals surface area contributed by atoms with Gasteiger partial charge in [0.25, 0.3) is 5.56 Å². The third-order valence-electron chi connectivity index (χ3n) is 4.49. The van der Waals surface area contributed by atoms with E-state index in [1.165, 1.54) is 29.1 Å². The molecular weight excluding hydrogens is 347 g/mol. The predicted molar refractivity (Wildman–Crippen MR) is 101 cm³/mol. The number of carbonyl (C=O) groups excluding carboxylic acids is 1. The van der Waals surface area contributed by atoms with Crippen molar-refractivity contribution >= 4 is 27.7 Å². The minimum atomic E-state index is -0.456. The number of nitrogens with zero attached hydrogens (tertiary/aromatic N) is 2. The van der Waals surface area contributed by atoms with Crippen molar-refractivity contribution in [2.45, 2.75) is 13.0 Å². The van der Waals surface area contributed by atoms with E-state index in [4.69, 9.17) is 0 Å². The summed E-state index contributed by atoms with van der Waals surface area (Å²) in [6, 6.07) is 11.8. The standard InChI is InChI=1S/C20H17FN4O2/c21-14-5-6-16-18(9-14)24-12-25(20(16)27)11-19(26)22-8-7-13-10-23-17-4-2-1-3-15(13)17/h1-6,9-10,12,23H,7-8,11H2,(H,22,26). The first kappa shape index (κ1) is 17.0. The smallest absolute Gasteiger partial charge is 0.261 e.